The van der Waals surface area contributed by atoms with Crippen LogP contribution < -0.4 is 0 Å². The van der Waals surface area contributed by atoms with E-state index in [1.54, 1.807) is 0 Å². The molecular weight excluding hydrogens is 272 g/mol. The highest BCUT2D eigenvalue weighted by molar-refractivity contribution is 7.26. The Labute approximate surface area is 128 Å². The summed E-state index contributed by atoms with van der Waals surface area (Å²) >= 11 is 1.90. The van der Waals surface area contributed by atoms with Crippen molar-refractivity contribution in [3.05, 3.63) is 72.3 Å². The van der Waals surface area contributed by atoms with Gasteiger partial charge in [0.05, 0.1) is 0 Å². The molecule has 0 fully saturated rings. The zero-order chi connectivity index (χ0) is 14.2. The number of rotatable bonds is 2. The number of aryl methyl sites for hydroxylation is 1. The van der Waals surface area contributed by atoms with Gasteiger partial charge < -0.3 is 0 Å². The molecule has 1 heteroatoms. The van der Waals surface area contributed by atoms with Gasteiger partial charge in [0.1, 0.15) is 0 Å². The molecule has 102 valence electrons. The van der Waals surface area contributed by atoms with E-state index in [0.29, 0.717) is 0 Å². The summed E-state index contributed by atoms with van der Waals surface area (Å²) in [7, 11) is 0. The van der Waals surface area contributed by atoms with Gasteiger partial charge in [-0.2, -0.15) is 0 Å². The Balaban J connectivity index is 2.04. The zero-order valence-corrected chi connectivity index (χ0v) is 12.8. The Morgan fingerprint density at radius 3 is 2.52 bits per heavy atom. The summed E-state index contributed by atoms with van der Waals surface area (Å²) in [5.41, 5.74) is 4.07. The van der Waals surface area contributed by atoms with Crippen LogP contribution >= 0.6 is 11.3 Å². The SMILES string of the molecule is CCc1cccc(-c2cccc3c2sc2ccccc23)c1. The molecule has 0 N–H and O–H groups in total. The summed E-state index contributed by atoms with van der Waals surface area (Å²) in [5, 5.41) is 2.74. The van der Waals surface area contributed by atoms with Gasteiger partial charge in [-0.25, -0.2) is 0 Å². The maximum atomic E-state index is 2.32. The molecule has 0 amide bonds. The monoisotopic (exact) mass is 288 g/mol. The quantitative estimate of drug-likeness (QED) is 0.407. The van der Waals surface area contributed by atoms with Crippen molar-refractivity contribution >= 4 is 31.5 Å². The Morgan fingerprint density at radius 2 is 1.62 bits per heavy atom. The van der Waals surface area contributed by atoms with E-state index in [-0.39, 0.29) is 0 Å². The van der Waals surface area contributed by atoms with Crippen LogP contribution in [0.5, 0.6) is 0 Å². The van der Waals surface area contributed by atoms with Crippen LogP contribution in [-0.4, -0.2) is 0 Å². The molecule has 0 radical (unpaired) electrons. The van der Waals surface area contributed by atoms with Gasteiger partial charge in [-0.1, -0.05) is 67.6 Å². The smallest absolute Gasteiger partial charge is 0.0433 e. The molecule has 0 saturated heterocycles. The summed E-state index contributed by atoms with van der Waals surface area (Å²) in [6.45, 7) is 2.21. The lowest BCUT2D eigenvalue weighted by Gasteiger charge is -2.05. The van der Waals surface area contributed by atoms with Gasteiger partial charge >= 0.3 is 0 Å². The van der Waals surface area contributed by atoms with Gasteiger partial charge in [-0.3, -0.25) is 0 Å². The van der Waals surface area contributed by atoms with Crippen molar-refractivity contribution in [2.75, 3.05) is 0 Å². The lowest BCUT2D eigenvalue weighted by atomic mass is 10.0. The highest BCUT2D eigenvalue weighted by Crippen LogP contribution is 2.39. The summed E-state index contributed by atoms with van der Waals surface area (Å²) in [5.74, 6) is 0. The summed E-state index contributed by atoms with van der Waals surface area (Å²) in [6, 6.07) is 24.2. The van der Waals surface area contributed by atoms with Crippen LogP contribution in [0.1, 0.15) is 12.5 Å². The fourth-order valence-electron chi connectivity index (χ4n) is 2.93. The van der Waals surface area contributed by atoms with Crippen molar-refractivity contribution in [3.8, 4) is 11.1 Å². The van der Waals surface area contributed by atoms with E-state index in [2.05, 4.69) is 73.7 Å². The van der Waals surface area contributed by atoms with Crippen molar-refractivity contribution in [1.82, 2.24) is 0 Å². The number of benzene rings is 3. The first-order chi connectivity index (χ1) is 10.4. The number of fused-ring (bicyclic) bond motifs is 3. The van der Waals surface area contributed by atoms with E-state index < -0.39 is 0 Å². The molecule has 0 aliphatic carbocycles. The molecule has 0 aliphatic heterocycles. The van der Waals surface area contributed by atoms with Crippen LogP contribution in [0.4, 0.5) is 0 Å². The molecule has 0 spiro atoms. The first-order valence-electron chi connectivity index (χ1n) is 7.36. The highest BCUT2D eigenvalue weighted by Gasteiger charge is 2.09. The minimum atomic E-state index is 1.08. The Kier molecular flexibility index (Phi) is 3.01. The van der Waals surface area contributed by atoms with Gasteiger partial charge in [0.25, 0.3) is 0 Å². The van der Waals surface area contributed by atoms with Crippen LogP contribution in [0.15, 0.2) is 66.7 Å². The maximum Gasteiger partial charge on any atom is 0.0433 e. The van der Waals surface area contributed by atoms with Crippen LogP contribution in [0.2, 0.25) is 0 Å². The van der Waals surface area contributed by atoms with Crippen LogP contribution in [-0.2, 0) is 6.42 Å². The van der Waals surface area contributed by atoms with Crippen molar-refractivity contribution in [2.24, 2.45) is 0 Å². The third kappa shape index (κ3) is 2.05. The Hall–Kier alpha value is -2.12. The number of hydrogen-bond donors (Lipinski definition) is 0. The molecule has 3 aromatic carbocycles. The number of hydrogen-bond acceptors (Lipinski definition) is 1. The second kappa shape index (κ2) is 5.01. The second-order valence-electron chi connectivity index (χ2n) is 5.33. The van der Waals surface area contributed by atoms with E-state index in [4.69, 9.17) is 0 Å². The lowest BCUT2D eigenvalue weighted by Crippen LogP contribution is -1.82. The van der Waals surface area contributed by atoms with E-state index in [1.165, 1.54) is 36.9 Å². The predicted molar refractivity (Wildman–Crippen MR) is 94.1 cm³/mol. The first kappa shape index (κ1) is 12.6. The van der Waals surface area contributed by atoms with E-state index in [9.17, 15) is 0 Å². The molecule has 0 unspecified atom stereocenters. The van der Waals surface area contributed by atoms with Crippen molar-refractivity contribution in [1.29, 1.82) is 0 Å². The topological polar surface area (TPSA) is 0 Å². The normalized spacial score (nSPS) is 11.3. The number of thiophene rings is 1. The molecule has 4 aromatic rings. The van der Waals surface area contributed by atoms with E-state index in [0.717, 1.165) is 6.42 Å². The largest absolute Gasteiger partial charge is 0.135 e. The molecule has 4 rings (SSSR count). The first-order valence-corrected chi connectivity index (χ1v) is 8.18. The molecule has 0 bridgehead atoms. The summed E-state index contributed by atoms with van der Waals surface area (Å²) < 4.78 is 2.76. The molecule has 0 aliphatic rings. The van der Waals surface area contributed by atoms with E-state index in [1.807, 2.05) is 11.3 Å². The fourth-order valence-corrected chi connectivity index (χ4v) is 4.17. The lowest BCUT2D eigenvalue weighted by molar-refractivity contribution is 1.14. The molecule has 0 saturated carbocycles. The molecular formula is C20H16S. The van der Waals surface area contributed by atoms with Crippen molar-refractivity contribution < 1.29 is 0 Å². The fraction of sp³-hybridized carbons (Fsp3) is 0.100. The van der Waals surface area contributed by atoms with Gasteiger partial charge in [0.15, 0.2) is 0 Å². The van der Waals surface area contributed by atoms with Crippen molar-refractivity contribution in [3.63, 3.8) is 0 Å². The minimum absolute atomic E-state index is 1.08. The molecule has 1 heterocycles. The minimum Gasteiger partial charge on any atom is -0.135 e. The van der Waals surface area contributed by atoms with Gasteiger partial charge in [0.2, 0.25) is 0 Å². The summed E-state index contributed by atoms with van der Waals surface area (Å²) in [6.07, 6.45) is 1.08. The van der Waals surface area contributed by atoms with Crippen molar-refractivity contribution in [2.45, 2.75) is 13.3 Å². The van der Waals surface area contributed by atoms with Gasteiger partial charge in [-0.05, 0) is 29.2 Å². The summed E-state index contributed by atoms with van der Waals surface area (Å²) in [4.78, 5) is 0. The van der Waals surface area contributed by atoms with Gasteiger partial charge in [-0.15, -0.1) is 11.3 Å². The zero-order valence-electron chi connectivity index (χ0n) is 12.0. The van der Waals surface area contributed by atoms with Crippen LogP contribution in [0, 0.1) is 0 Å². The Morgan fingerprint density at radius 1 is 0.810 bits per heavy atom. The maximum absolute atomic E-state index is 2.32. The molecule has 21 heavy (non-hydrogen) atoms. The van der Waals surface area contributed by atoms with Gasteiger partial charge in [0, 0.05) is 20.2 Å². The molecule has 0 atom stereocenters. The molecule has 0 nitrogen and oxygen atoms in total. The predicted octanol–water partition coefficient (Wildman–Crippen LogP) is 6.28. The second-order valence-corrected chi connectivity index (χ2v) is 6.39. The average Bonchev–Trinajstić information content (AvgIpc) is 2.93. The third-order valence-corrected chi connectivity index (χ3v) is 5.27. The molecule has 1 aromatic heterocycles. The highest BCUT2D eigenvalue weighted by atomic mass is 32.1. The average molecular weight is 288 g/mol. The van der Waals surface area contributed by atoms with Crippen LogP contribution in [0.3, 0.4) is 0 Å². The Bertz CT molecular complexity index is 931. The standard InChI is InChI=1S/C20H16S/c1-2-14-7-5-8-15(13-14)16-10-6-11-18-17-9-3-4-12-19(17)21-20(16)18/h3-13H,2H2,1H3. The third-order valence-electron chi connectivity index (χ3n) is 4.05. The van der Waals surface area contributed by atoms with Crippen LogP contribution in [0.25, 0.3) is 31.3 Å². The van der Waals surface area contributed by atoms with E-state index >= 15 is 0 Å².